The topological polar surface area (TPSA) is 21.3 Å². The predicted molar refractivity (Wildman–Crippen MR) is 80.6 cm³/mol. The summed E-state index contributed by atoms with van der Waals surface area (Å²) < 4.78 is 6.03. The highest BCUT2D eigenvalue weighted by Gasteiger charge is 2.29. The van der Waals surface area contributed by atoms with Crippen LogP contribution in [-0.4, -0.2) is 24.8 Å². The van der Waals surface area contributed by atoms with Gasteiger partial charge in [0, 0.05) is 6.04 Å². The average Bonchev–Trinajstić information content (AvgIpc) is 2.86. The molecule has 1 heterocycles. The summed E-state index contributed by atoms with van der Waals surface area (Å²) in [7, 11) is 0. The van der Waals surface area contributed by atoms with Crippen LogP contribution in [0.2, 0.25) is 0 Å². The molecule has 1 aromatic carbocycles. The normalized spacial score (nSPS) is 24.6. The van der Waals surface area contributed by atoms with Crippen LogP contribution in [0.3, 0.4) is 0 Å². The zero-order chi connectivity index (χ0) is 13.7. The molecule has 2 rings (SSSR count). The molecular formula is C17H27NO. The predicted octanol–water partition coefficient (Wildman–Crippen LogP) is 3.34. The summed E-state index contributed by atoms with van der Waals surface area (Å²) in [5, 5.41) is 3.60. The summed E-state index contributed by atoms with van der Waals surface area (Å²) in [5.74, 6) is 0. The molecule has 0 saturated carbocycles. The van der Waals surface area contributed by atoms with Crippen LogP contribution in [0.5, 0.6) is 0 Å². The smallest absolute Gasteiger partial charge is 0.0735 e. The Morgan fingerprint density at radius 1 is 1.16 bits per heavy atom. The Morgan fingerprint density at radius 2 is 1.84 bits per heavy atom. The van der Waals surface area contributed by atoms with Crippen LogP contribution in [-0.2, 0) is 17.6 Å². The van der Waals surface area contributed by atoms with Crippen LogP contribution < -0.4 is 5.32 Å². The van der Waals surface area contributed by atoms with Crippen molar-refractivity contribution in [2.75, 3.05) is 6.54 Å². The number of hydrogen-bond donors (Lipinski definition) is 1. The quantitative estimate of drug-likeness (QED) is 0.848. The van der Waals surface area contributed by atoms with Crippen LogP contribution in [0.25, 0.3) is 0 Å². The molecule has 3 atom stereocenters. The van der Waals surface area contributed by atoms with Gasteiger partial charge in [0.15, 0.2) is 0 Å². The molecule has 1 aliphatic rings. The number of ether oxygens (including phenoxy) is 1. The van der Waals surface area contributed by atoms with Gasteiger partial charge >= 0.3 is 0 Å². The van der Waals surface area contributed by atoms with Gasteiger partial charge in [0.05, 0.1) is 12.2 Å². The van der Waals surface area contributed by atoms with Gasteiger partial charge in [0.1, 0.15) is 0 Å². The van der Waals surface area contributed by atoms with Crippen LogP contribution in [0.15, 0.2) is 24.3 Å². The summed E-state index contributed by atoms with van der Waals surface area (Å²) >= 11 is 0. The molecule has 3 unspecified atom stereocenters. The van der Waals surface area contributed by atoms with E-state index in [1.807, 2.05) is 0 Å². The number of rotatable bonds is 6. The van der Waals surface area contributed by atoms with Crippen molar-refractivity contribution in [2.24, 2.45) is 0 Å². The zero-order valence-electron chi connectivity index (χ0n) is 12.5. The lowest BCUT2D eigenvalue weighted by Crippen LogP contribution is -2.41. The lowest BCUT2D eigenvalue weighted by atomic mass is 9.98. The molecule has 2 heteroatoms. The summed E-state index contributed by atoms with van der Waals surface area (Å²) in [6.07, 6.45) is 5.36. The van der Waals surface area contributed by atoms with Crippen molar-refractivity contribution in [2.45, 2.75) is 64.7 Å². The Labute approximate surface area is 117 Å². The summed E-state index contributed by atoms with van der Waals surface area (Å²) in [6, 6.07) is 9.47. The van der Waals surface area contributed by atoms with Crippen LogP contribution in [0.4, 0.5) is 0 Å². The number of benzene rings is 1. The fourth-order valence-electron chi connectivity index (χ4n) is 2.89. The molecule has 19 heavy (non-hydrogen) atoms. The van der Waals surface area contributed by atoms with Crippen molar-refractivity contribution in [3.05, 3.63) is 35.4 Å². The van der Waals surface area contributed by atoms with Gasteiger partial charge in [-0.15, -0.1) is 0 Å². The van der Waals surface area contributed by atoms with E-state index >= 15 is 0 Å². The van der Waals surface area contributed by atoms with Crippen molar-refractivity contribution >= 4 is 0 Å². The van der Waals surface area contributed by atoms with Gasteiger partial charge in [-0.3, -0.25) is 0 Å². The van der Waals surface area contributed by atoms with Crippen molar-refractivity contribution in [1.82, 2.24) is 5.32 Å². The van der Waals surface area contributed by atoms with E-state index in [9.17, 15) is 0 Å². The first-order valence-electron chi connectivity index (χ1n) is 7.69. The average molecular weight is 261 g/mol. The lowest BCUT2D eigenvalue weighted by Gasteiger charge is -2.24. The van der Waals surface area contributed by atoms with E-state index in [1.54, 1.807) is 0 Å². The maximum absolute atomic E-state index is 6.03. The van der Waals surface area contributed by atoms with Crippen molar-refractivity contribution in [3.8, 4) is 0 Å². The first-order valence-corrected chi connectivity index (χ1v) is 7.69. The second-order valence-electron chi connectivity index (χ2n) is 5.60. The van der Waals surface area contributed by atoms with E-state index in [0.29, 0.717) is 18.2 Å². The molecule has 1 saturated heterocycles. The van der Waals surface area contributed by atoms with Crippen LogP contribution in [0, 0.1) is 0 Å². The lowest BCUT2D eigenvalue weighted by molar-refractivity contribution is 0.0324. The van der Waals surface area contributed by atoms with Gasteiger partial charge < -0.3 is 10.1 Å². The highest BCUT2D eigenvalue weighted by Crippen LogP contribution is 2.23. The van der Waals surface area contributed by atoms with E-state index in [2.05, 4.69) is 50.4 Å². The Morgan fingerprint density at radius 3 is 2.37 bits per heavy atom. The van der Waals surface area contributed by atoms with Gasteiger partial charge in [0.2, 0.25) is 0 Å². The highest BCUT2D eigenvalue weighted by atomic mass is 16.5. The third kappa shape index (κ3) is 4.05. The highest BCUT2D eigenvalue weighted by molar-refractivity contribution is 5.23. The zero-order valence-corrected chi connectivity index (χ0v) is 12.5. The van der Waals surface area contributed by atoms with E-state index in [1.165, 1.54) is 24.0 Å². The van der Waals surface area contributed by atoms with Gasteiger partial charge in [-0.25, -0.2) is 0 Å². The minimum atomic E-state index is 0.376. The van der Waals surface area contributed by atoms with E-state index in [-0.39, 0.29) is 0 Å². The minimum absolute atomic E-state index is 0.376. The van der Waals surface area contributed by atoms with Crippen LogP contribution >= 0.6 is 0 Å². The largest absolute Gasteiger partial charge is 0.374 e. The summed E-state index contributed by atoms with van der Waals surface area (Å²) in [6.45, 7) is 7.56. The molecule has 2 nitrogen and oxygen atoms in total. The third-order valence-electron chi connectivity index (χ3n) is 4.07. The van der Waals surface area contributed by atoms with Crippen molar-refractivity contribution in [3.63, 3.8) is 0 Å². The number of hydrogen-bond acceptors (Lipinski definition) is 2. The molecule has 0 radical (unpaired) electrons. The molecule has 1 fully saturated rings. The van der Waals surface area contributed by atoms with Crippen LogP contribution in [0.1, 0.15) is 44.7 Å². The van der Waals surface area contributed by atoms with Gasteiger partial charge in [-0.05, 0) is 50.3 Å². The Kier molecular flexibility index (Phi) is 5.41. The number of aryl methyl sites for hydroxylation is 1. The van der Waals surface area contributed by atoms with E-state index < -0.39 is 0 Å². The monoisotopic (exact) mass is 261 g/mol. The Bertz CT molecular complexity index is 373. The molecule has 0 bridgehead atoms. The fraction of sp³-hybridized carbons (Fsp3) is 0.647. The molecule has 1 aromatic rings. The Hall–Kier alpha value is -0.860. The first kappa shape index (κ1) is 14.5. The standard InChI is InChI=1S/C17H27NO/c1-4-14-7-9-15(10-8-14)12-16(18-5-2)17-11-6-13(3)19-17/h7-10,13,16-18H,4-6,11-12H2,1-3H3. The molecular weight excluding hydrogens is 234 g/mol. The second-order valence-corrected chi connectivity index (χ2v) is 5.60. The van der Waals surface area contributed by atoms with Crippen molar-refractivity contribution < 1.29 is 4.74 Å². The summed E-state index contributed by atoms with van der Waals surface area (Å²) in [4.78, 5) is 0. The number of nitrogens with one attached hydrogen (secondary N) is 1. The van der Waals surface area contributed by atoms with Gasteiger partial charge in [0.25, 0.3) is 0 Å². The van der Waals surface area contributed by atoms with E-state index in [0.717, 1.165) is 19.4 Å². The molecule has 0 aliphatic carbocycles. The molecule has 1 aliphatic heterocycles. The summed E-state index contributed by atoms with van der Waals surface area (Å²) in [5.41, 5.74) is 2.82. The minimum Gasteiger partial charge on any atom is -0.374 e. The van der Waals surface area contributed by atoms with Crippen molar-refractivity contribution in [1.29, 1.82) is 0 Å². The SMILES string of the molecule is CCNC(Cc1ccc(CC)cc1)C1CCC(C)O1. The molecule has 106 valence electrons. The van der Waals surface area contributed by atoms with E-state index in [4.69, 9.17) is 4.74 Å². The molecule has 0 amide bonds. The molecule has 0 spiro atoms. The van der Waals surface area contributed by atoms with Gasteiger partial charge in [-0.1, -0.05) is 38.1 Å². The first-order chi connectivity index (χ1) is 9.22. The Balaban J connectivity index is 1.98. The third-order valence-corrected chi connectivity index (χ3v) is 4.07. The second kappa shape index (κ2) is 7.06. The maximum Gasteiger partial charge on any atom is 0.0735 e. The van der Waals surface area contributed by atoms with Gasteiger partial charge in [-0.2, -0.15) is 0 Å². The molecule has 1 N–H and O–H groups in total. The molecule has 0 aromatic heterocycles. The fourth-order valence-corrected chi connectivity index (χ4v) is 2.89. The number of likely N-dealkylation sites (N-methyl/N-ethyl adjacent to an activating group) is 1. The maximum atomic E-state index is 6.03.